The highest BCUT2D eigenvalue weighted by atomic mass is 79.9. The van der Waals surface area contributed by atoms with Crippen LogP contribution in [0, 0.1) is 0 Å². The SMILES string of the molecule is BrCCCn1cc[n+](Cc2ccccc2)c1. The van der Waals surface area contributed by atoms with E-state index in [0.29, 0.717) is 0 Å². The number of benzene rings is 1. The Morgan fingerprint density at radius 2 is 2.00 bits per heavy atom. The molecule has 0 bridgehead atoms. The average Bonchev–Trinajstić information content (AvgIpc) is 2.75. The molecule has 0 aliphatic rings. The molecule has 1 aromatic heterocycles. The van der Waals surface area contributed by atoms with E-state index in [4.69, 9.17) is 0 Å². The first-order chi connectivity index (χ1) is 7.88. The summed E-state index contributed by atoms with van der Waals surface area (Å²) >= 11 is 3.45. The van der Waals surface area contributed by atoms with Gasteiger partial charge in [0.1, 0.15) is 18.9 Å². The van der Waals surface area contributed by atoms with Crippen LogP contribution in [-0.4, -0.2) is 9.90 Å². The van der Waals surface area contributed by atoms with Gasteiger partial charge in [0.25, 0.3) is 0 Å². The Hall–Kier alpha value is -1.09. The van der Waals surface area contributed by atoms with Crippen LogP contribution in [0.3, 0.4) is 0 Å². The topological polar surface area (TPSA) is 8.81 Å². The molecule has 3 heteroatoms. The monoisotopic (exact) mass is 279 g/mol. The second-order valence-electron chi connectivity index (χ2n) is 3.85. The van der Waals surface area contributed by atoms with Crippen molar-refractivity contribution < 1.29 is 4.57 Å². The second kappa shape index (κ2) is 5.85. The summed E-state index contributed by atoms with van der Waals surface area (Å²) in [7, 11) is 0. The van der Waals surface area contributed by atoms with E-state index >= 15 is 0 Å². The third kappa shape index (κ3) is 3.20. The molecule has 0 atom stereocenters. The van der Waals surface area contributed by atoms with Gasteiger partial charge in [-0.15, -0.1) is 0 Å². The molecule has 84 valence electrons. The maximum atomic E-state index is 3.45. The largest absolute Gasteiger partial charge is 0.244 e. The van der Waals surface area contributed by atoms with Gasteiger partial charge in [-0.3, -0.25) is 0 Å². The Balaban J connectivity index is 1.97. The van der Waals surface area contributed by atoms with Gasteiger partial charge in [0.05, 0.1) is 6.54 Å². The number of hydrogen-bond donors (Lipinski definition) is 0. The van der Waals surface area contributed by atoms with Crippen molar-refractivity contribution >= 4 is 15.9 Å². The minimum absolute atomic E-state index is 0.947. The maximum absolute atomic E-state index is 3.45. The smallest absolute Gasteiger partial charge is 0.237 e. The predicted octanol–water partition coefficient (Wildman–Crippen LogP) is 2.61. The molecule has 2 rings (SSSR count). The lowest BCUT2D eigenvalue weighted by molar-refractivity contribution is -0.687. The Morgan fingerprint density at radius 1 is 1.19 bits per heavy atom. The Bertz CT molecular complexity index is 423. The van der Waals surface area contributed by atoms with Crippen LogP contribution in [0.25, 0.3) is 0 Å². The van der Waals surface area contributed by atoms with Gasteiger partial charge in [0.15, 0.2) is 0 Å². The van der Waals surface area contributed by atoms with Gasteiger partial charge < -0.3 is 0 Å². The van der Waals surface area contributed by atoms with Crippen molar-refractivity contribution in [1.29, 1.82) is 0 Å². The first kappa shape index (κ1) is 11.4. The first-order valence-corrected chi connectivity index (χ1v) is 6.65. The molecule has 0 aliphatic carbocycles. The summed E-state index contributed by atoms with van der Waals surface area (Å²) < 4.78 is 4.44. The van der Waals surface area contributed by atoms with Crippen LogP contribution >= 0.6 is 15.9 Å². The van der Waals surface area contributed by atoms with Crippen LogP contribution in [0.5, 0.6) is 0 Å². The summed E-state index contributed by atoms with van der Waals surface area (Å²) in [6.07, 6.45) is 7.59. The molecule has 0 saturated carbocycles. The molecule has 0 spiro atoms. The van der Waals surface area contributed by atoms with Crippen molar-refractivity contribution in [3.05, 3.63) is 54.6 Å². The summed E-state index contributed by atoms with van der Waals surface area (Å²) in [4.78, 5) is 0. The lowest BCUT2D eigenvalue weighted by Crippen LogP contribution is -2.31. The Kier molecular flexibility index (Phi) is 4.17. The third-order valence-corrected chi connectivity index (χ3v) is 3.06. The molecule has 0 aliphatic heterocycles. The lowest BCUT2D eigenvalue weighted by Gasteiger charge is -1.96. The summed E-state index contributed by atoms with van der Waals surface area (Å²) in [5.41, 5.74) is 1.34. The predicted molar refractivity (Wildman–Crippen MR) is 68.6 cm³/mol. The van der Waals surface area contributed by atoms with E-state index in [2.05, 4.69) is 74.1 Å². The molecular weight excluding hydrogens is 264 g/mol. The van der Waals surface area contributed by atoms with Crippen LogP contribution in [0.4, 0.5) is 0 Å². The van der Waals surface area contributed by atoms with Crippen LogP contribution in [0.2, 0.25) is 0 Å². The van der Waals surface area contributed by atoms with E-state index in [1.165, 1.54) is 12.0 Å². The van der Waals surface area contributed by atoms with E-state index in [1.807, 2.05) is 0 Å². The summed E-state index contributed by atoms with van der Waals surface area (Å²) in [5, 5.41) is 1.06. The lowest BCUT2D eigenvalue weighted by atomic mass is 10.2. The van der Waals surface area contributed by atoms with Crippen LogP contribution in [0.1, 0.15) is 12.0 Å². The number of halogens is 1. The zero-order valence-corrected chi connectivity index (χ0v) is 10.8. The van der Waals surface area contributed by atoms with Gasteiger partial charge >= 0.3 is 0 Å². The molecule has 0 radical (unpaired) electrons. The molecular formula is C13H16BrN2+. The number of aryl methyl sites for hydroxylation is 1. The van der Waals surface area contributed by atoms with Gasteiger partial charge in [-0.05, 0) is 12.0 Å². The molecule has 1 aromatic carbocycles. The van der Waals surface area contributed by atoms with Gasteiger partial charge in [0.2, 0.25) is 6.33 Å². The fraction of sp³-hybridized carbons (Fsp3) is 0.308. The third-order valence-electron chi connectivity index (χ3n) is 2.50. The summed E-state index contributed by atoms with van der Waals surface area (Å²) in [6, 6.07) is 10.5. The highest BCUT2D eigenvalue weighted by molar-refractivity contribution is 9.09. The molecule has 2 aromatic rings. The summed E-state index contributed by atoms with van der Waals surface area (Å²) in [6.45, 7) is 2.02. The van der Waals surface area contributed by atoms with Crippen molar-refractivity contribution in [1.82, 2.24) is 4.57 Å². The number of rotatable bonds is 5. The van der Waals surface area contributed by atoms with Gasteiger partial charge in [-0.1, -0.05) is 46.3 Å². The van der Waals surface area contributed by atoms with Gasteiger partial charge in [-0.2, -0.15) is 0 Å². The minimum atomic E-state index is 0.947. The Morgan fingerprint density at radius 3 is 2.75 bits per heavy atom. The summed E-state index contributed by atoms with van der Waals surface area (Å²) in [5.74, 6) is 0. The normalized spacial score (nSPS) is 10.6. The van der Waals surface area contributed by atoms with E-state index in [9.17, 15) is 0 Å². The first-order valence-electron chi connectivity index (χ1n) is 5.53. The van der Waals surface area contributed by atoms with E-state index in [1.54, 1.807) is 0 Å². The molecule has 0 unspecified atom stereocenters. The number of aromatic nitrogens is 2. The number of nitrogens with zero attached hydrogens (tertiary/aromatic N) is 2. The molecule has 0 N–H and O–H groups in total. The highest BCUT2D eigenvalue weighted by Crippen LogP contribution is 1.98. The van der Waals surface area contributed by atoms with Crippen molar-refractivity contribution in [2.24, 2.45) is 0 Å². The highest BCUT2D eigenvalue weighted by Gasteiger charge is 2.03. The molecule has 1 heterocycles. The number of alkyl halides is 1. The van der Waals surface area contributed by atoms with E-state index in [-0.39, 0.29) is 0 Å². The fourth-order valence-electron chi connectivity index (χ4n) is 1.70. The van der Waals surface area contributed by atoms with Crippen LogP contribution in [0.15, 0.2) is 49.1 Å². The Labute approximate surface area is 105 Å². The maximum Gasteiger partial charge on any atom is 0.244 e. The van der Waals surface area contributed by atoms with Gasteiger partial charge in [0, 0.05) is 5.33 Å². The van der Waals surface area contributed by atoms with Crippen molar-refractivity contribution in [2.75, 3.05) is 5.33 Å². The van der Waals surface area contributed by atoms with Crippen molar-refractivity contribution in [3.8, 4) is 0 Å². The van der Waals surface area contributed by atoms with Gasteiger partial charge in [-0.25, -0.2) is 9.13 Å². The van der Waals surface area contributed by atoms with Crippen LogP contribution in [-0.2, 0) is 13.1 Å². The van der Waals surface area contributed by atoms with Crippen molar-refractivity contribution in [3.63, 3.8) is 0 Å². The molecule has 16 heavy (non-hydrogen) atoms. The quantitative estimate of drug-likeness (QED) is 0.588. The number of imidazole rings is 1. The average molecular weight is 280 g/mol. The minimum Gasteiger partial charge on any atom is -0.237 e. The van der Waals surface area contributed by atoms with Crippen LogP contribution < -0.4 is 4.57 Å². The molecule has 0 amide bonds. The van der Waals surface area contributed by atoms with E-state index in [0.717, 1.165) is 18.4 Å². The number of hydrogen-bond acceptors (Lipinski definition) is 0. The molecule has 0 saturated heterocycles. The second-order valence-corrected chi connectivity index (χ2v) is 4.64. The fourth-order valence-corrected chi connectivity index (χ4v) is 1.95. The van der Waals surface area contributed by atoms with E-state index < -0.39 is 0 Å². The zero-order chi connectivity index (χ0) is 11.2. The standard InChI is InChI=1S/C13H16BrN2/c14-7-4-8-15-9-10-16(12-15)11-13-5-2-1-3-6-13/h1-3,5-6,9-10,12H,4,7-8,11H2/q+1. The molecule has 0 fully saturated rings. The zero-order valence-electron chi connectivity index (χ0n) is 9.22. The van der Waals surface area contributed by atoms with Crippen molar-refractivity contribution in [2.45, 2.75) is 19.5 Å². The molecule has 2 nitrogen and oxygen atoms in total.